The molecule has 0 saturated carbocycles. The number of benzene rings is 2. The molecule has 5 nitrogen and oxygen atoms in total. The second-order valence-corrected chi connectivity index (χ2v) is 9.88. The first-order chi connectivity index (χ1) is 15.4. The summed E-state index contributed by atoms with van der Waals surface area (Å²) in [6, 6.07) is 10.4. The Hall–Kier alpha value is -1.05. The number of ether oxygens (including phenoxy) is 1. The molecule has 2 rings (SSSR count). The van der Waals surface area contributed by atoms with Crippen molar-refractivity contribution in [2.75, 3.05) is 0 Å². The first-order valence-corrected chi connectivity index (χ1v) is 13.4. The Morgan fingerprint density at radius 2 is 1.33 bits per heavy atom. The van der Waals surface area contributed by atoms with Gasteiger partial charge >= 0.3 is 29.6 Å². The van der Waals surface area contributed by atoms with Crippen molar-refractivity contribution in [3.05, 3.63) is 48.0 Å². The van der Waals surface area contributed by atoms with Crippen molar-refractivity contribution in [1.29, 1.82) is 0 Å². The number of aryl methyl sites for hydroxylation is 1. The molecule has 0 heterocycles. The van der Waals surface area contributed by atoms with Crippen molar-refractivity contribution in [1.82, 2.24) is 0 Å². The van der Waals surface area contributed by atoms with Crippen LogP contribution < -0.4 is 39.4 Å². The topological polar surface area (TPSA) is 86.7 Å². The van der Waals surface area contributed by atoms with E-state index in [-0.39, 0.29) is 46.0 Å². The monoisotopic (exact) mass is 484 g/mol. The largest absolute Gasteiger partial charge is 1.00 e. The first kappa shape index (κ1) is 30.0. The van der Waals surface area contributed by atoms with Gasteiger partial charge < -0.3 is 9.84 Å². The van der Waals surface area contributed by atoms with Crippen LogP contribution in [0.1, 0.15) is 89.5 Å². The normalized spacial score (nSPS) is 11.2. The van der Waals surface area contributed by atoms with Gasteiger partial charge in [-0.2, -0.15) is 8.42 Å². The van der Waals surface area contributed by atoms with Crippen LogP contribution in [-0.4, -0.2) is 13.0 Å². The summed E-state index contributed by atoms with van der Waals surface area (Å²) in [4.78, 5) is -0.229. The summed E-state index contributed by atoms with van der Waals surface area (Å²) >= 11 is 0. The van der Waals surface area contributed by atoms with Crippen LogP contribution in [0.4, 0.5) is 0 Å². The van der Waals surface area contributed by atoms with E-state index in [0.717, 1.165) is 12.8 Å². The molecule has 0 bridgehead atoms. The van der Waals surface area contributed by atoms with E-state index in [1.54, 1.807) is 18.2 Å². The van der Waals surface area contributed by atoms with Crippen molar-refractivity contribution in [2.24, 2.45) is 0 Å². The van der Waals surface area contributed by atoms with Gasteiger partial charge in [0.25, 0.3) is 10.1 Å². The minimum atomic E-state index is -4.29. The molecular formula is C26H37NaO5S. The van der Waals surface area contributed by atoms with E-state index in [2.05, 4.69) is 6.92 Å². The molecule has 0 amide bonds. The number of rotatable bonds is 16. The summed E-state index contributed by atoms with van der Waals surface area (Å²) < 4.78 is 37.5. The Morgan fingerprint density at radius 3 is 1.91 bits per heavy atom. The van der Waals surface area contributed by atoms with Crippen LogP contribution in [0.2, 0.25) is 0 Å². The molecule has 33 heavy (non-hydrogen) atoms. The predicted molar refractivity (Wildman–Crippen MR) is 127 cm³/mol. The van der Waals surface area contributed by atoms with E-state index >= 15 is 0 Å². The molecular weight excluding hydrogens is 447 g/mol. The maximum atomic E-state index is 12.2. The van der Waals surface area contributed by atoms with Gasteiger partial charge in [0.2, 0.25) is 0 Å². The standard InChI is InChI=1S/C26H38O5S.Na/c1-2-3-4-5-6-7-8-9-10-11-12-13-15-22-20-24(18-19-26(22)27)31-23-16-14-17-25(21-23)32(28,29)30;/h14,16-21,27H,2-13,15H2,1H3,(H,28,29,30);/q;+1/p-1. The SMILES string of the molecule is CCCCCCCCCCCCCCc1cc(Oc2cccc(S(=O)(=O)O)c2)ccc1[O-].[Na+]. The van der Waals surface area contributed by atoms with E-state index in [0.29, 0.717) is 17.7 Å². The first-order valence-electron chi connectivity index (χ1n) is 12.0. The molecule has 2 aromatic rings. The Balaban J connectivity index is 0.00000544. The molecule has 0 radical (unpaired) electrons. The van der Waals surface area contributed by atoms with Crippen LogP contribution in [0.15, 0.2) is 47.4 Å². The van der Waals surface area contributed by atoms with E-state index in [1.807, 2.05) is 0 Å². The quantitative estimate of drug-likeness (QED) is 0.221. The Bertz CT molecular complexity index is 915. The molecule has 0 unspecified atom stereocenters. The van der Waals surface area contributed by atoms with Crippen LogP contribution in [-0.2, 0) is 16.5 Å². The Morgan fingerprint density at radius 1 is 0.788 bits per heavy atom. The van der Waals surface area contributed by atoms with Crippen LogP contribution in [0.25, 0.3) is 0 Å². The van der Waals surface area contributed by atoms with Crippen LogP contribution >= 0.6 is 0 Å². The zero-order valence-electron chi connectivity index (χ0n) is 20.2. The summed E-state index contributed by atoms with van der Waals surface area (Å²) in [5.41, 5.74) is 0.709. The summed E-state index contributed by atoms with van der Waals surface area (Å²) in [6.07, 6.45) is 16.0. The maximum Gasteiger partial charge on any atom is 1.00 e. The van der Waals surface area contributed by atoms with Gasteiger partial charge in [-0.05, 0) is 37.1 Å². The predicted octanol–water partition coefficient (Wildman–Crippen LogP) is 4.05. The van der Waals surface area contributed by atoms with Gasteiger partial charge in [-0.1, -0.05) is 95.2 Å². The summed E-state index contributed by atoms with van der Waals surface area (Å²) in [6.45, 7) is 2.25. The molecule has 0 spiro atoms. The zero-order chi connectivity index (χ0) is 23.2. The van der Waals surface area contributed by atoms with Gasteiger partial charge in [0, 0.05) is 6.07 Å². The van der Waals surface area contributed by atoms with E-state index in [4.69, 9.17) is 4.74 Å². The van der Waals surface area contributed by atoms with Crippen molar-refractivity contribution in [3.8, 4) is 17.2 Å². The second-order valence-electron chi connectivity index (χ2n) is 8.46. The third-order valence-electron chi connectivity index (χ3n) is 5.67. The third-order valence-corrected chi connectivity index (χ3v) is 6.52. The molecule has 2 aromatic carbocycles. The van der Waals surface area contributed by atoms with Gasteiger partial charge in [0.05, 0.1) is 4.90 Å². The molecule has 1 N–H and O–H groups in total. The summed E-state index contributed by atoms with van der Waals surface area (Å²) in [5, 5.41) is 12.2. The molecule has 0 aliphatic heterocycles. The molecule has 0 aliphatic carbocycles. The average molecular weight is 485 g/mol. The minimum Gasteiger partial charge on any atom is -0.872 e. The fourth-order valence-electron chi connectivity index (χ4n) is 3.81. The number of hydrogen-bond donors (Lipinski definition) is 1. The maximum absolute atomic E-state index is 12.2. The molecule has 0 aromatic heterocycles. The fraction of sp³-hybridized carbons (Fsp3) is 0.538. The average Bonchev–Trinajstić information content (AvgIpc) is 2.76. The van der Waals surface area contributed by atoms with Crippen molar-refractivity contribution in [2.45, 2.75) is 95.3 Å². The fourth-order valence-corrected chi connectivity index (χ4v) is 4.32. The molecule has 0 fully saturated rings. The second kappa shape index (κ2) is 16.6. The Labute approximate surface area is 222 Å². The van der Waals surface area contributed by atoms with Gasteiger partial charge in [0.1, 0.15) is 11.5 Å². The van der Waals surface area contributed by atoms with Crippen molar-refractivity contribution in [3.63, 3.8) is 0 Å². The van der Waals surface area contributed by atoms with Crippen LogP contribution in [0.5, 0.6) is 17.2 Å². The summed E-state index contributed by atoms with van der Waals surface area (Å²) in [5.74, 6) is 0.758. The van der Waals surface area contributed by atoms with E-state index in [9.17, 15) is 18.1 Å². The van der Waals surface area contributed by atoms with Crippen molar-refractivity contribution < 1.29 is 52.4 Å². The van der Waals surface area contributed by atoms with Gasteiger partial charge in [-0.15, -0.1) is 5.75 Å². The third kappa shape index (κ3) is 12.3. The number of unbranched alkanes of at least 4 members (excludes halogenated alkanes) is 11. The van der Waals surface area contributed by atoms with Crippen LogP contribution in [0, 0.1) is 0 Å². The summed E-state index contributed by atoms with van der Waals surface area (Å²) in [7, 11) is -4.29. The molecule has 0 aliphatic rings. The van der Waals surface area contributed by atoms with Gasteiger partial charge in [0.15, 0.2) is 0 Å². The molecule has 7 heteroatoms. The molecule has 178 valence electrons. The van der Waals surface area contributed by atoms with Gasteiger partial charge in [-0.25, -0.2) is 0 Å². The van der Waals surface area contributed by atoms with Crippen LogP contribution in [0.3, 0.4) is 0 Å². The number of hydrogen-bond acceptors (Lipinski definition) is 4. The van der Waals surface area contributed by atoms with E-state index < -0.39 is 10.1 Å². The van der Waals surface area contributed by atoms with Gasteiger partial charge in [-0.3, -0.25) is 4.55 Å². The Kier molecular flexibility index (Phi) is 15.0. The minimum absolute atomic E-state index is 0. The van der Waals surface area contributed by atoms with E-state index in [1.165, 1.54) is 88.5 Å². The smallest absolute Gasteiger partial charge is 0.872 e. The molecule has 0 saturated heterocycles. The molecule has 0 atom stereocenters. The van der Waals surface area contributed by atoms with Crippen molar-refractivity contribution >= 4 is 10.1 Å². The zero-order valence-corrected chi connectivity index (χ0v) is 23.0.